The zero-order valence-electron chi connectivity index (χ0n) is 13.1. The molecule has 0 aromatic heterocycles. The SMILES string of the molecule is FC(N1CCOC(C(F)(F)F)C1)C(F)(F)COCC(F)(F)C(F)C(F)(F)F. The van der Waals surface area contributed by atoms with Crippen LogP contribution in [-0.2, 0) is 9.47 Å². The normalized spacial score (nSPS) is 23.3. The van der Waals surface area contributed by atoms with Gasteiger partial charge in [0.2, 0.25) is 6.30 Å². The van der Waals surface area contributed by atoms with Crippen LogP contribution in [0.1, 0.15) is 0 Å². The molecule has 1 saturated heterocycles. The minimum atomic E-state index is -5.99. The zero-order chi connectivity index (χ0) is 21.3. The lowest BCUT2D eigenvalue weighted by Gasteiger charge is -2.37. The molecule has 162 valence electrons. The molecule has 3 nitrogen and oxygen atoms in total. The highest BCUT2D eigenvalue weighted by Crippen LogP contribution is 2.36. The third-order valence-corrected chi connectivity index (χ3v) is 3.38. The lowest BCUT2D eigenvalue weighted by atomic mass is 10.2. The summed E-state index contributed by atoms with van der Waals surface area (Å²) in [5, 5.41) is 0. The Bertz CT molecular complexity index is 480. The van der Waals surface area contributed by atoms with Crippen molar-refractivity contribution in [1.29, 1.82) is 0 Å². The van der Waals surface area contributed by atoms with E-state index >= 15 is 0 Å². The fourth-order valence-electron chi connectivity index (χ4n) is 2.04. The summed E-state index contributed by atoms with van der Waals surface area (Å²) in [6, 6.07) is 0. The van der Waals surface area contributed by atoms with Crippen LogP contribution in [-0.4, -0.2) is 80.6 Å². The Morgan fingerprint density at radius 1 is 0.889 bits per heavy atom. The highest BCUT2D eigenvalue weighted by atomic mass is 19.4. The van der Waals surface area contributed by atoms with E-state index < -0.39 is 75.7 Å². The number of alkyl halides is 12. The molecule has 0 radical (unpaired) electrons. The Kier molecular flexibility index (Phi) is 7.30. The molecular weight excluding hydrogens is 418 g/mol. The van der Waals surface area contributed by atoms with Gasteiger partial charge in [0.05, 0.1) is 6.61 Å². The molecule has 1 heterocycles. The highest BCUT2D eigenvalue weighted by Gasteiger charge is 2.57. The van der Waals surface area contributed by atoms with E-state index in [1.54, 1.807) is 0 Å². The van der Waals surface area contributed by atoms with Crippen molar-refractivity contribution in [2.45, 2.75) is 42.8 Å². The van der Waals surface area contributed by atoms with Crippen molar-refractivity contribution < 1.29 is 62.2 Å². The van der Waals surface area contributed by atoms with Crippen LogP contribution in [0.15, 0.2) is 0 Å². The number of rotatable bonds is 7. The van der Waals surface area contributed by atoms with Gasteiger partial charge in [0.1, 0.15) is 13.2 Å². The number of hydrogen-bond acceptors (Lipinski definition) is 3. The molecule has 27 heavy (non-hydrogen) atoms. The number of hydrogen-bond donors (Lipinski definition) is 0. The van der Waals surface area contributed by atoms with Crippen LogP contribution in [0.25, 0.3) is 0 Å². The number of halogens is 12. The maximum Gasteiger partial charge on any atom is 0.425 e. The third kappa shape index (κ3) is 6.55. The van der Waals surface area contributed by atoms with Gasteiger partial charge < -0.3 is 9.47 Å². The summed E-state index contributed by atoms with van der Waals surface area (Å²) in [4.78, 5) is 0.0246. The molecular formula is C12H13F12NO2. The van der Waals surface area contributed by atoms with Crippen LogP contribution in [0, 0.1) is 0 Å². The summed E-state index contributed by atoms with van der Waals surface area (Å²) in [6.07, 6.45) is -21.7. The van der Waals surface area contributed by atoms with E-state index in [2.05, 4.69) is 9.47 Å². The minimum Gasteiger partial charge on any atom is -0.369 e. The first-order valence-electron chi connectivity index (χ1n) is 7.09. The quantitative estimate of drug-likeness (QED) is 0.453. The molecule has 0 N–H and O–H groups in total. The third-order valence-electron chi connectivity index (χ3n) is 3.38. The van der Waals surface area contributed by atoms with Gasteiger partial charge in [0, 0.05) is 13.1 Å². The van der Waals surface area contributed by atoms with Crippen molar-refractivity contribution in [3.63, 3.8) is 0 Å². The molecule has 1 rings (SSSR count). The molecule has 0 aromatic rings. The van der Waals surface area contributed by atoms with Crippen LogP contribution in [0.4, 0.5) is 52.7 Å². The fraction of sp³-hybridized carbons (Fsp3) is 1.00. The number of ether oxygens (including phenoxy) is 2. The van der Waals surface area contributed by atoms with E-state index in [0.29, 0.717) is 0 Å². The molecule has 0 saturated carbocycles. The van der Waals surface area contributed by atoms with Crippen LogP contribution in [0.2, 0.25) is 0 Å². The number of morpholine rings is 1. The molecule has 3 atom stereocenters. The highest BCUT2D eigenvalue weighted by molar-refractivity contribution is 4.86. The Balaban J connectivity index is 2.64. The van der Waals surface area contributed by atoms with Crippen LogP contribution >= 0.6 is 0 Å². The zero-order valence-corrected chi connectivity index (χ0v) is 13.1. The van der Waals surface area contributed by atoms with Crippen LogP contribution in [0.3, 0.4) is 0 Å². The van der Waals surface area contributed by atoms with Crippen molar-refractivity contribution in [2.75, 3.05) is 32.9 Å². The van der Waals surface area contributed by atoms with Crippen LogP contribution in [0.5, 0.6) is 0 Å². The Labute approximate surface area is 144 Å². The van der Waals surface area contributed by atoms with Crippen molar-refractivity contribution in [1.82, 2.24) is 4.90 Å². The molecule has 0 aliphatic carbocycles. The second-order valence-corrected chi connectivity index (χ2v) is 5.65. The predicted molar refractivity (Wildman–Crippen MR) is 63.9 cm³/mol. The Morgan fingerprint density at radius 3 is 1.89 bits per heavy atom. The van der Waals surface area contributed by atoms with Crippen LogP contribution < -0.4 is 0 Å². The molecule has 3 unspecified atom stereocenters. The second-order valence-electron chi connectivity index (χ2n) is 5.65. The predicted octanol–water partition coefficient (Wildman–Crippen LogP) is 3.73. The van der Waals surface area contributed by atoms with Crippen molar-refractivity contribution in [3.8, 4) is 0 Å². The largest absolute Gasteiger partial charge is 0.425 e. The number of nitrogens with zero attached hydrogens (tertiary/aromatic N) is 1. The first-order chi connectivity index (χ1) is 12.0. The fourth-order valence-corrected chi connectivity index (χ4v) is 2.04. The van der Waals surface area contributed by atoms with Gasteiger partial charge in [0.25, 0.3) is 6.17 Å². The summed E-state index contributed by atoms with van der Waals surface area (Å²) >= 11 is 0. The lowest BCUT2D eigenvalue weighted by molar-refractivity contribution is -0.268. The van der Waals surface area contributed by atoms with E-state index in [0.717, 1.165) is 0 Å². The van der Waals surface area contributed by atoms with E-state index in [1.165, 1.54) is 0 Å². The summed E-state index contributed by atoms with van der Waals surface area (Å²) < 4.78 is 160. The first kappa shape index (κ1) is 24.1. The molecule has 1 aliphatic heterocycles. The van der Waals surface area contributed by atoms with Gasteiger partial charge in [-0.15, -0.1) is 0 Å². The van der Waals surface area contributed by atoms with Gasteiger partial charge in [-0.2, -0.15) is 35.1 Å². The van der Waals surface area contributed by atoms with E-state index in [-0.39, 0.29) is 4.90 Å². The molecule has 1 fully saturated rings. The van der Waals surface area contributed by atoms with Gasteiger partial charge in [-0.1, -0.05) is 0 Å². The van der Waals surface area contributed by atoms with Crippen molar-refractivity contribution >= 4 is 0 Å². The van der Waals surface area contributed by atoms with Gasteiger partial charge in [-0.25, -0.2) is 17.6 Å². The smallest absolute Gasteiger partial charge is 0.369 e. The average Bonchev–Trinajstić information content (AvgIpc) is 2.51. The maximum atomic E-state index is 13.8. The van der Waals surface area contributed by atoms with Crippen molar-refractivity contribution in [3.05, 3.63) is 0 Å². The summed E-state index contributed by atoms with van der Waals surface area (Å²) in [7, 11) is 0. The molecule has 1 aliphatic rings. The lowest BCUT2D eigenvalue weighted by Crippen LogP contribution is -2.56. The molecule has 0 amide bonds. The minimum absolute atomic E-state index is 0.0246. The van der Waals surface area contributed by atoms with Gasteiger partial charge in [-0.3, -0.25) is 4.90 Å². The van der Waals surface area contributed by atoms with E-state index in [1.807, 2.05) is 0 Å². The molecule has 0 bridgehead atoms. The Morgan fingerprint density at radius 2 is 1.41 bits per heavy atom. The van der Waals surface area contributed by atoms with E-state index in [4.69, 9.17) is 0 Å². The van der Waals surface area contributed by atoms with Gasteiger partial charge >= 0.3 is 24.2 Å². The maximum absolute atomic E-state index is 13.8. The van der Waals surface area contributed by atoms with Crippen molar-refractivity contribution in [2.24, 2.45) is 0 Å². The van der Waals surface area contributed by atoms with Gasteiger partial charge in [-0.05, 0) is 0 Å². The molecule has 15 heteroatoms. The average molecular weight is 431 g/mol. The summed E-state index contributed by atoms with van der Waals surface area (Å²) in [5.41, 5.74) is 0. The van der Waals surface area contributed by atoms with E-state index in [9.17, 15) is 52.7 Å². The second kappa shape index (κ2) is 8.19. The standard InChI is InChI=1S/C12H13F12NO2/c13-7(12(22,23)24)9(15,16)4-26-5-10(17,18)8(14)25-1-2-27-6(3-25)11(19,20)21/h6-8H,1-5H2. The molecule has 0 spiro atoms. The Hall–Kier alpha value is -0.960. The molecule has 0 aromatic carbocycles. The monoisotopic (exact) mass is 431 g/mol. The topological polar surface area (TPSA) is 21.7 Å². The summed E-state index contributed by atoms with van der Waals surface area (Å²) in [6.45, 7) is -7.42. The first-order valence-corrected chi connectivity index (χ1v) is 7.09. The van der Waals surface area contributed by atoms with Gasteiger partial charge in [0.15, 0.2) is 6.10 Å². The summed E-state index contributed by atoms with van der Waals surface area (Å²) in [5.74, 6) is -9.88.